The molecule has 0 saturated heterocycles. The van der Waals surface area contributed by atoms with Crippen molar-refractivity contribution in [2.75, 3.05) is 11.9 Å². The number of carbonyl (C=O) groups excluding carboxylic acids is 1. The zero-order chi connectivity index (χ0) is 11.8. The maximum Gasteiger partial charge on any atom is 0.178 e. The summed E-state index contributed by atoms with van der Waals surface area (Å²) in [5, 5.41) is 10.4. The van der Waals surface area contributed by atoms with E-state index in [4.69, 9.17) is 0 Å². The first-order valence-corrected chi connectivity index (χ1v) is 5.05. The second kappa shape index (κ2) is 3.62. The molecule has 2 aromatic rings. The van der Waals surface area contributed by atoms with E-state index in [1.165, 1.54) is 10.9 Å². The van der Waals surface area contributed by atoms with Gasteiger partial charge in [0.25, 0.3) is 0 Å². The number of fused-ring (bicyclic) bond motifs is 1. The highest BCUT2D eigenvalue weighted by Crippen LogP contribution is 2.35. The predicted octanol–water partition coefficient (Wildman–Crippen LogP) is 0.509. The fraction of sp³-hybridized carbons (Fsp3) is 0.200. The van der Waals surface area contributed by atoms with Gasteiger partial charge in [-0.3, -0.25) is 0 Å². The second-order valence-corrected chi connectivity index (χ2v) is 3.69. The number of anilines is 1. The van der Waals surface area contributed by atoms with Crippen LogP contribution in [0.1, 0.15) is 11.5 Å². The van der Waals surface area contributed by atoms with Gasteiger partial charge in [0, 0.05) is 12.1 Å². The molecular weight excluding hydrogens is 225 g/mol. The molecule has 1 aliphatic heterocycles. The summed E-state index contributed by atoms with van der Waals surface area (Å²) in [7, 11) is 0. The number of rotatable bonds is 2. The first kappa shape index (κ1) is 9.88. The number of hydrogen-bond acceptors (Lipinski definition) is 5. The summed E-state index contributed by atoms with van der Waals surface area (Å²) in [4.78, 5) is 14.8. The van der Waals surface area contributed by atoms with Crippen LogP contribution in [0.3, 0.4) is 0 Å². The lowest BCUT2D eigenvalue weighted by molar-refractivity contribution is -0.108. The first-order valence-electron chi connectivity index (χ1n) is 5.05. The fourth-order valence-corrected chi connectivity index (χ4v) is 1.95. The van der Waals surface area contributed by atoms with E-state index in [1.54, 1.807) is 6.20 Å². The van der Waals surface area contributed by atoms with E-state index in [-0.39, 0.29) is 0 Å². The molecule has 0 bridgehead atoms. The molecule has 0 fully saturated rings. The molecule has 2 aromatic heterocycles. The third kappa shape index (κ3) is 1.39. The Morgan fingerprint density at radius 3 is 3.18 bits per heavy atom. The molecular formula is C10H8FN5O. The van der Waals surface area contributed by atoms with Gasteiger partial charge in [-0.05, 0) is 0 Å². The molecule has 7 heteroatoms. The average Bonchev–Trinajstić information content (AvgIpc) is 2.98. The van der Waals surface area contributed by atoms with Gasteiger partial charge in [0.05, 0.1) is 30.2 Å². The van der Waals surface area contributed by atoms with Crippen molar-refractivity contribution in [1.29, 1.82) is 0 Å². The van der Waals surface area contributed by atoms with Crippen LogP contribution in [0.15, 0.2) is 18.6 Å². The van der Waals surface area contributed by atoms with Gasteiger partial charge in [-0.2, -0.15) is 0 Å². The van der Waals surface area contributed by atoms with Crippen LogP contribution in [0.4, 0.5) is 10.1 Å². The van der Waals surface area contributed by atoms with Crippen LogP contribution in [0.2, 0.25) is 0 Å². The quantitative estimate of drug-likeness (QED) is 0.765. The number of aldehydes is 1. The predicted molar refractivity (Wildman–Crippen MR) is 56.4 cm³/mol. The topological polar surface area (TPSA) is 72.7 Å². The van der Waals surface area contributed by atoms with Gasteiger partial charge in [-0.25, -0.2) is 14.1 Å². The molecule has 1 atom stereocenters. The zero-order valence-corrected chi connectivity index (χ0v) is 8.67. The van der Waals surface area contributed by atoms with Crippen molar-refractivity contribution in [3.8, 4) is 5.82 Å². The molecule has 0 amide bonds. The van der Waals surface area contributed by atoms with E-state index in [2.05, 4.69) is 20.6 Å². The monoisotopic (exact) mass is 233 g/mol. The van der Waals surface area contributed by atoms with E-state index in [1.807, 2.05) is 0 Å². The Morgan fingerprint density at radius 2 is 2.47 bits per heavy atom. The Labute approximate surface area is 95.5 Å². The number of nitrogens with zero attached hydrogens (tertiary/aromatic N) is 4. The van der Waals surface area contributed by atoms with Crippen molar-refractivity contribution < 1.29 is 9.18 Å². The molecule has 0 radical (unpaired) electrons. The van der Waals surface area contributed by atoms with Gasteiger partial charge in [-0.1, -0.05) is 5.21 Å². The number of carbonyl (C=O) groups is 1. The van der Waals surface area contributed by atoms with Crippen LogP contribution in [-0.4, -0.2) is 32.8 Å². The summed E-state index contributed by atoms with van der Waals surface area (Å²) in [6.07, 6.45) is 4.94. The van der Waals surface area contributed by atoms with E-state index in [0.29, 0.717) is 23.6 Å². The second-order valence-electron chi connectivity index (χ2n) is 3.69. The molecule has 0 aromatic carbocycles. The van der Waals surface area contributed by atoms with Crippen molar-refractivity contribution in [2.24, 2.45) is 0 Å². The van der Waals surface area contributed by atoms with Crippen LogP contribution in [-0.2, 0) is 4.79 Å². The summed E-state index contributed by atoms with van der Waals surface area (Å²) in [5.74, 6) is -0.510. The fourth-order valence-electron chi connectivity index (χ4n) is 1.95. The number of aromatic nitrogens is 4. The van der Waals surface area contributed by atoms with Crippen LogP contribution in [0.25, 0.3) is 5.82 Å². The number of pyridine rings is 1. The molecule has 1 N–H and O–H groups in total. The molecule has 1 unspecified atom stereocenters. The molecule has 6 nitrogen and oxygen atoms in total. The smallest absolute Gasteiger partial charge is 0.178 e. The molecule has 1 aliphatic rings. The summed E-state index contributed by atoms with van der Waals surface area (Å²) in [6, 6.07) is 0. The minimum atomic E-state index is -0.481. The van der Waals surface area contributed by atoms with Crippen LogP contribution in [0, 0.1) is 5.82 Å². The lowest BCUT2D eigenvalue weighted by atomic mass is 10.0. The molecule has 3 heterocycles. The maximum atomic E-state index is 13.6. The van der Waals surface area contributed by atoms with Crippen LogP contribution in [0.5, 0.6) is 0 Å². The third-order valence-corrected chi connectivity index (χ3v) is 2.72. The minimum absolute atomic E-state index is 0.348. The Bertz CT molecular complexity index is 568. The Hall–Kier alpha value is -2.31. The van der Waals surface area contributed by atoms with E-state index in [0.717, 1.165) is 12.5 Å². The summed E-state index contributed by atoms with van der Waals surface area (Å²) in [5.41, 5.74) is 0.855. The largest absolute Gasteiger partial charge is 0.381 e. The van der Waals surface area contributed by atoms with Gasteiger partial charge < -0.3 is 10.1 Å². The third-order valence-electron chi connectivity index (χ3n) is 2.72. The van der Waals surface area contributed by atoms with Crippen molar-refractivity contribution in [2.45, 2.75) is 5.92 Å². The number of halogens is 1. The van der Waals surface area contributed by atoms with Gasteiger partial charge in [0.2, 0.25) is 0 Å². The molecule has 17 heavy (non-hydrogen) atoms. The van der Waals surface area contributed by atoms with Crippen molar-refractivity contribution in [1.82, 2.24) is 20.0 Å². The Kier molecular flexibility index (Phi) is 2.10. The van der Waals surface area contributed by atoms with E-state index >= 15 is 0 Å². The van der Waals surface area contributed by atoms with Crippen molar-refractivity contribution >= 4 is 12.0 Å². The van der Waals surface area contributed by atoms with Crippen molar-refractivity contribution in [3.63, 3.8) is 0 Å². The Balaban J connectivity index is 2.21. The molecule has 3 rings (SSSR count). The minimum Gasteiger partial charge on any atom is -0.381 e. The first-order chi connectivity index (χ1) is 8.31. The molecule has 0 aliphatic carbocycles. The highest BCUT2D eigenvalue weighted by atomic mass is 19.1. The van der Waals surface area contributed by atoms with Gasteiger partial charge in [0.1, 0.15) is 12.1 Å². The highest BCUT2D eigenvalue weighted by Gasteiger charge is 2.29. The zero-order valence-electron chi connectivity index (χ0n) is 8.67. The average molecular weight is 233 g/mol. The Morgan fingerprint density at radius 1 is 1.59 bits per heavy atom. The SMILES string of the molecule is O=CC1CNc2c(-n3ccnn3)ncc(F)c21. The standard InChI is InChI=1S/C10H8FN5O/c11-7-4-13-10(16-2-1-14-15-16)9-8(7)6(5-17)3-12-9/h1-2,4-6,12H,3H2. The van der Waals surface area contributed by atoms with Crippen molar-refractivity contribution in [3.05, 3.63) is 30.0 Å². The van der Waals surface area contributed by atoms with Gasteiger partial charge >= 0.3 is 0 Å². The molecule has 86 valence electrons. The lowest BCUT2D eigenvalue weighted by Gasteiger charge is -2.07. The summed E-state index contributed by atoms with van der Waals surface area (Å²) < 4.78 is 15.1. The molecule has 0 spiro atoms. The number of hydrogen-bond donors (Lipinski definition) is 1. The van der Waals surface area contributed by atoms with Gasteiger partial charge in [0.15, 0.2) is 5.82 Å². The normalized spacial score (nSPS) is 17.6. The summed E-state index contributed by atoms with van der Waals surface area (Å²) in [6.45, 7) is 0.378. The van der Waals surface area contributed by atoms with E-state index in [9.17, 15) is 9.18 Å². The molecule has 0 saturated carbocycles. The highest BCUT2D eigenvalue weighted by molar-refractivity contribution is 5.77. The lowest BCUT2D eigenvalue weighted by Crippen LogP contribution is -2.04. The summed E-state index contributed by atoms with van der Waals surface area (Å²) >= 11 is 0. The van der Waals surface area contributed by atoms with Gasteiger partial charge in [-0.15, -0.1) is 5.10 Å². The van der Waals surface area contributed by atoms with Crippen LogP contribution >= 0.6 is 0 Å². The maximum absolute atomic E-state index is 13.6. The van der Waals surface area contributed by atoms with E-state index < -0.39 is 11.7 Å². The van der Waals surface area contributed by atoms with Crippen LogP contribution < -0.4 is 5.32 Å². The number of nitrogens with one attached hydrogen (secondary N) is 1.